The van der Waals surface area contributed by atoms with Crippen LogP contribution in [-0.4, -0.2) is 6.61 Å². The van der Waals surface area contributed by atoms with Gasteiger partial charge in [0.15, 0.2) is 0 Å². The quantitative estimate of drug-likeness (QED) is 0.511. The molecule has 2 rings (SSSR count). The summed E-state index contributed by atoms with van der Waals surface area (Å²) in [6.07, 6.45) is 3.93. The van der Waals surface area contributed by atoms with E-state index < -0.39 is 0 Å². The van der Waals surface area contributed by atoms with Crippen molar-refractivity contribution in [2.24, 2.45) is 0 Å². The third kappa shape index (κ3) is 8.57. The largest absolute Gasteiger partial charge is 0.501 e. The zero-order valence-electron chi connectivity index (χ0n) is 16.2. The first kappa shape index (κ1) is 22.0. The smallest absolute Gasteiger partial charge is 0.0938 e. The molecule has 24 heavy (non-hydrogen) atoms. The van der Waals surface area contributed by atoms with Crippen LogP contribution in [0.25, 0.3) is 0 Å². The van der Waals surface area contributed by atoms with Crippen molar-refractivity contribution < 1.29 is 4.74 Å². The molecule has 0 spiro atoms. The molecule has 0 saturated carbocycles. The van der Waals surface area contributed by atoms with Gasteiger partial charge in [-0.05, 0) is 17.2 Å². The Morgan fingerprint density at radius 1 is 0.750 bits per heavy atom. The van der Waals surface area contributed by atoms with E-state index in [1.165, 1.54) is 11.1 Å². The molecule has 0 amide bonds. The maximum Gasteiger partial charge on any atom is 0.0938 e. The molecule has 0 aliphatic rings. The molecule has 1 heteroatoms. The number of allylic oxidation sites excluding steroid dienone is 1. The van der Waals surface area contributed by atoms with E-state index >= 15 is 0 Å². The van der Waals surface area contributed by atoms with Gasteiger partial charge in [-0.15, -0.1) is 0 Å². The van der Waals surface area contributed by atoms with Gasteiger partial charge >= 0.3 is 0 Å². The fourth-order valence-electron chi connectivity index (χ4n) is 2.12. The fraction of sp³-hybridized carbons (Fsp3) is 0.391. The lowest BCUT2D eigenvalue weighted by Gasteiger charge is -2.11. The molecule has 1 nitrogen and oxygen atoms in total. The van der Waals surface area contributed by atoms with Crippen molar-refractivity contribution >= 4 is 0 Å². The Morgan fingerprint density at radius 2 is 1.21 bits per heavy atom. The van der Waals surface area contributed by atoms with E-state index in [9.17, 15) is 0 Å². The van der Waals surface area contributed by atoms with Crippen molar-refractivity contribution in [1.29, 1.82) is 0 Å². The first-order chi connectivity index (χ1) is 11.8. The molecule has 132 valence electrons. The highest BCUT2D eigenvalue weighted by atomic mass is 16.5. The minimum Gasteiger partial charge on any atom is -0.501 e. The van der Waals surface area contributed by atoms with E-state index in [4.69, 9.17) is 4.74 Å². The van der Waals surface area contributed by atoms with Crippen molar-refractivity contribution in [3.63, 3.8) is 0 Å². The minimum absolute atomic E-state index is 0.378. The minimum atomic E-state index is 0.378. The Bertz CT molecular complexity index is 516. The summed E-state index contributed by atoms with van der Waals surface area (Å²) in [6.45, 7) is 13.1. The predicted molar refractivity (Wildman–Crippen MR) is 108 cm³/mol. The van der Waals surface area contributed by atoms with Crippen LogP contribution in [0.4, 0.5) is 0 Å². The maximum atomic E-state index is 5.66. The number of benzene rings is 2. The molecule has 0 aliphatic carbocycles. The lowest BCUT2D eigenvalue weighted by atomic mass is 10.0. The predicted octanol–water partition coefficient (Wildman–Crippen LogP) is 7.18. The number of hydrogen-bond acceptors (Lipinski definition) is 1. The van der Waals surface area contributed by atoms with Gasteiger partial charge in [-0.1, -0.05) is 102 Å². The van der Waals surface area contributed by atoms with E-state index in [-0.39, 0.29) is 0 Å². The van der Waals surface area contributed by atoms with Gasteiger partial charge in [-0.25, -0.2) is 0 Å². The summed E-state index contributed by atoms with van der Waals surface area (Å²) in [5.41, 5.74) is 2.63. The second kappa shape index (κ2) is 14.6. The van der Waals surface area contributed by atoms with Crippen LogP contribution in [0, 0.1) is 0 Å². The molecule has 0 heterocycles. The summed E-state index contributed by atoms with van der Waals surface area (Å²) >= 11 is 0. The van der Waals surface area contributed by atoms with Crippen LogP contribution < -0.4 is 0 Å². The molecule has 2 unspecified atom stereocenters. The second-order valence-corrected chi connectivity index (χ2v) is 5.17. The molecule has 2 aromatic rings. The third-order valence-electron chi connectivity index (χ3n) is 3.50. The first-order valence-electron chi connectivity index (χ1n) is 9.15. The van der Waals surface area contributed by atoms with Crippen molar-refractivity contribution in [1.82, 2.24) is 0 Å². The number of hydrogen-bond donors (Lipinski definition) is 0. The summed E-state index contributed by atoms with van der Waals surface area (Å²) < 4.78 is 5.66. The van der Waals surface area contributed by atoms with Gasteiger partial charge in [0.2, 0.25) is 0 Å². The van der Waals surface area contributed by atoms with Crippen LogP contribution in [-0.2, 0) is 4.74 Å². The summed E-state index contributed by atoms with van der Waals surface area (Å²) in [5.74, 6) is 0.788. The van der Waals surface area contributed by atoms with Gasteiger partial charge < -0.3 is 4.74 Å². The normalized spacial score (nSPS) is 12.2. The average Bonchev–Trinajstić information content (AvgIpc) is 2.69. The van der Waals surface area contributed by atoms with Gasteiger partial charge in [-0.2, -0.15) is 0 Å². The van der Waals surface area contributed by atoms with Gasteiger partial charge in [0.05, 0.1) is 12.9 Å². The zero-order chi connectivity index (χ0) is 18.2. The molecule has 0 saturated heterocycles. The van der Waals surface area contributed by atoms with Crippen LogP contribution >= 0.6 is 0 Å². The van der Waals surface area contributed by atoms with Crippen LogP contribution in [0.5, 0.6) is 0 Å². The highest BCUT2D eigenvalue weighted by Crippen LogP contribution is 2.17. The van der Waals surface area contributed by atoms with Crippen molar-refractivity contribution in [2.45, 2.75) is 53.4 Å². The second-order valence-electron chi connectivity index (χ2n) is 5.17. The highest BCUT2D eigenvalue weighted by molar-refractivity contribution is 5.22. The Hall–Kier alpha value is -2.02. The monoisotopic (exact) mass is 326 g/mol. The van der Waals surface area contributed by atoms with Crippen molar-refractivity contribution in [3.8, 4) is 0 Å². The highest BCUT2D eigenvalue weighted by Gasteiger charge is 2.04. The van der Waals surface area contributed by atoms with Crippen LogP contribution in [0.2, 0.25) is 0 Å². The van der Waals surface area contributed by atoms with Crippen molar-refractivity contribution in [3.05, 3.63) is 84.1 Å². The third-order valence-corrected chi connectivity index (χ3v) is 3.50. The molecule has 0 aliphatic heterocycles. The average molecular weight is 327 g/mol. The SMILES string of the molecule is CC.CC.CC(/C=C/OCC(C)c1ccccc1)c1ccccc1. The van der Waals surface area contributed by atoms with Crippen LogP contribution in [0.15, 0.2) is 73.0 Å². The van der Waals surface area contributed by atoms with E-state index in [2.05, 4.69) is 68.5 Å². The molecular formula is C23H34O. The zero-order valence-corrected chi connectivity index (χ0v) is 16.2. The van der Waals surface area contributed by atoms with Gasteiger partial charge in [0, 0.05) is 11.8 Å². The summed E-state index contributed by atoms with van der Waals surface area (Å²) in [5, 5.41) is 0. The molecule has 0 aromatic heterocycles. The lowest BCUT2D eigenvalue weighted by molar-refractivity contribution is 0.231. The molecular weight excluding hydrogens is 292 g/mol. The number of rotatable bonds is 6. The Labute approximate surface area is 149 Å². The summed E-state index contributed by atoms with van der Waals surface area (Å²) in [7, 11) is 0. The van der Waals surface area contributed by atoms with E-state index in [1.807, 2.05) is 46.1 Å². The van der Waals surface area contributed by atoms with Crippen LogP contribution in [0.3, 0.4) is 0 Å². The Balaban J connectivity index is 0.00000123. The van der Waals surface area contributed by atoms with Gasteiger partial charge in [0.25, 0.3) is 0 Å². The van der Waals surface area contributed by atoms with Crippen molar-refractivity contribution in [2.75, 3.05) is 6.61 Å². The number of ether oxygens (including phenoxy) is 1. The first-order valence-corrected chi connectivity index (χ1v) is 9.15. The summed E-state index contributed by atoms with van der Waals surface area (Å²) in [4.78, 5) is 0. The Kier molecular flexibility index (Phi) is 13.3. The topological polar surface area (TPSA) is 9.23 Å². The Morgan fingerprint density at radius 3 is 1.71 bits per heavy atom. The van der Waals surface area contributed by atoms with E-state index in [1.54, 1.807) is 0 Å². The van der Waals surface area contributed by atoms with Gasteiger partial charge in [-0.3, -0.25) is 0 Å². The molecule has 2 aromatic carbocycles. The standard InChI is InChI=1S/C19H22O.2C2H6/c1-16(18-9-5-3-6-10-18)13-14-20-15-17(2)19-11-7-4-8-12-19;2*1-2/h3-14,16-17H,15H2,1-2H3;2*1-2H3/b14-13+;;. The van der Waals surface area contributed by atoms with Crippen LogP contribution in [0.1, 0.15) is 64.5 Å². The van der Waals surface area contributed by atoms with Gasteiger partial charge in [0.1, 0.15) is 0 Å². The molecule has 0 bridgehead atoms. The van der Waals surface area contributed by atoms with E-state index in [0.717, 1.165) is 0 Å². The molecule has 0 radical (unpaired) electrons. The molecule has 0 fully saturated rings. The molecule has 2 atom stereocenters. The van der Waals surface area contributed by atoms with E-state index in [0.29, 0.717) is 18.4 Å². The molecule has 0 N–H and O–H groups in total. The summed E-state index contributed by atoms with van der Waals surface area (Å²) in [6, 6.07) is 20.9. The maximum absolute atomic E-state index is 5.66. The fourth-order valence-corrected chi connectivity index (χ4v) is 2.12. The lowest BCUT2D eigenvalue weighted by Crippen LogP contribution is -2.01.